The van der Waals surface area contributed by atoms with Gasteiger partial charge in [-0.25, -0.2) is 0 Å². The minimum atomic E-state index is 0.699. The predicted molar refractivity (Wildman–Crippen MR) is 72.3 cm³/mol. The average molecular weight is 252 g/mol. The molecule has 16 heavy (non-hydrogen) atoms. The van der Waals surface area contributed by atoms with Crippen LogP contribution in [0, 0.1) is 6.92 Å². The van der Waals surface area contributed by atoms with Crippen molar-refractivity contribution in [3.05, 3.63) is 45.8 Å². The van der Waals surface area contributed by atoms with E-state index in [4.69, 9.17) is 17.3 Å². The first-order valence-corrected chi connectivity index (χ1v) is 6.51. The van der Waals surface area contributed by atoms with Crippen molar-refractivity contribution in [2.75, 3.05) is 6.54 Å². The van der Waals surface area contributed by atoms with Gasteiger partial charge in [0.05, 0.1) is 0 Å². The third-order valence-corrected chi connectivity index (χ3v) is 4.04. The van der Waals surface area contributed by atoms with Crippen LogP contribution in [0.15, 0.2) is 29.6 Å². The van der Waals surface area contributed by atoms with Gasteiger partial charge in [0.2, 0.25) is 0 Å². The topological polar surface area (TPSA) is 26.0 Å². The van der Waals surface area contributed by atoms with Gasteiger partial charge in [0.1, 0.15) is 0 Å². The highest BCUT2D eigenvalue weighted by molar-refractivity contribution is 7.13. The van der Waals surface area contributed by atoms with Gasteiger partial charge >= 0.3 is 0 Å². The third-order valence-electron chi connectivity index (χ3n) is 2.62. The van der Waals surface area contributed by atoms with E-state index in [1.165, 1.54) is 16.0 Å². The van der Waals surface area contributed by atoms with Crippen LogP contribution < -0.4 is 5.73 Å². The highest BCUT2D eigenvalue weighted by Crippen LogP contribution is 2.32. The molecular formula is C13H14ClNS. The smallest absolute Gasteiger partial charge is 0.0441 e. The lowest BCUT2D eigenvalue weighted by Crippen LogP contribution is -2.01. The number of benzene rings is 1. The molecule has 0 aliphatic carbocycles. The molecule has 1 aromatic heterocycles. The van der Waals surface area contributed by atoms with Crippen molar-refractivity contribution in [2.45, 2.75) is 13.3 Å². The molecule has 2 rings (SSSR count). The van der Waals surface area contributed by atoms with E-state index < -0.39 is 0 Å². The van der Waals surface area contributed by atoms with Crippen LogP contribution in [0.5, 0.6) is 0 Å². The Hall–Kier alpha value is -0.830. The molecule has 0 saturated carbocycles. The van der Waals surface area contributed by atoms with Gasteiger partial charge in [-0.3, -0.25) is 0 Å². The van der Waals surface area contributed by atoms with Crippen LogP contribution in [0.4, 0.5) is 0 Å². The molecule has 2 N–H and O–H groups in total. The molecule has 0 radical (unpaired) electrons. The van der Waals surface area contributed by atoms with E-state index in [1.54, 1.807) is 11.3 Å². The molecule has 0 aliphatic heterocycles. The standard InChI is InChI=1S/C13H14ClNS/c1-9-11(3-2-4-12(9)14)13-7-10(5-6-15)8-16-13/h2-4,7-8H,5-6,15H2,1H3. The van der Waals surface area contributed by atoms with E-state index in [0.29, 0.717) is 6.54 Å². The van der Waals surface area contributed by atoms with Crippen molar-refractivity contribution in [2.24, 2.45) is 5.73 Å². The Labute approximate surface area is 105 Å². The first-order chi connectivity index (χ1) is 7.72. The maximum Gasteiger partial charge on any atom is 0.0441 e. The molecule has 0 amide bonds. The molecule has 1 aromatic carbocycles. The molecule has 2 aromatic rings. The Morgan fingerprint density at radius 2 is 2.19 bits per heavy atom. The molecule has 0 bridgehead atoms. The summed E-state index contributed by atoms with van der Waals surface area (Å²) in [6.07, 6.45) is 0.941. The van der Waals surface area contributed by atoms with Crippen LogP contribution in [0.1, 0.15) is 11.1 Å². The lowest BCUT2D eigenvalue weighted by molar-refractivity contribution is 0.974. The number of hydrogen-bond acceptors (Lipinski definition) is 2. The fourth-order valence-corrected chi connectivity index (χ4v) is 2.90. The van der Waals surface area contributed by atoms with Gasteiger partial charge in [0.15, 0.2) is 0 Å². The fraction of sp³-hybridized carbons (Fsp3) is 0.231. The highest BCUT2D eigenvalue weighted by atomic mass is 35.5. The van der Waals surface area contributed by atoms with Crippen LogP contribution in [-0.4, -0.2) is 6.54 Å². The SMILES string of the molecule is Cc1c(Cl)cccc1-c1cc(CCN)cs1. The Kier molecular flexibility index (Phi) is 3.64. The van der Waals surface area contributed by atoms with Gasteiger partial charge in [-0.15, -0.1) is 11.3 Å². The second-order valence-electron chi connectivity index (χ2n) is 3.77. The number of thiophene rings is 1. The minimum Gasteiger partial charge on any atom is -0.330 e. The fourth-order valence-electron chi connectivity index (χ4n) is 1.69. The van der Waals surface area contributed by atoms with Crippen molar-refractivity contribution in [3.63, 3.8) is 0 Å². The van der Waals surface area contributed by atoms with Gasteiger partial charge in [0, 0.05) is 9.90 Å². The lowest BCUT2D eigenvalue weighted by Gasteiger charge is -2.04. The second-order valence-corrected chi connectivity index (χ2v) is 5.09. The van der Waals surface area contributed by atoms with Crippen molar-refractivity contribution < 1.29 is 0 Å². The number of rotatable bonds is 3. The number of halogens is 1. The predicted octanol–water partition coefficient (Wildman–Crippen LogP) is 3.88. The van der Waals surface area contributed by atoms with E-state index in [0.717, 1.165) is 17.0 Å². The largest absolute Gasteiger partial charge is 0.330 e. The first-order valence-electron chi connectivity index (χ1n) is 5.25. The summed E-state index contributed by atoms with van der Waals surface area (Å²) in [5, 5.41) is 2.99. The minimum absolute atomic E-state index is 0.699. The average Bonchev–Trinajstić information content (AvgIpc) is 2.71. The van der Waals surface area contributed by atoms with E-state index >= 15 is 0 Å². The molecule has 1 heterocycles. The summed E-state index contributed by atoms with van der Waals surface area (Å²) in [5.41, 5.74) is 9.22. The van der Waals surface area contributed by atoms with Crippen molar-refractivity contribution in [3.8, 4) is 10.4 Å². The zero-order chi connectivity index (χ0) is 11.5. The molecule has 84 valence electrons. The van der Waals surface area contributed by atoms with Crippen LogP contribution >= 0.6 is 22.9 Å². The summed E-state index contributed by atoms with van der Waals surface area (Å²) < 4.78 is 0. The molecule has 1 nitrogen and oxygen atoms in total. The monoisotopic (exact) mass is 251 g/mol. The lowest BCUT2D eigenvalue weighted by atomic mass is 10.1. The van der Waals surface area contributed by atoms with E-state index in [2.05, 4.69) is 24.4 Å². The zero-order valence-electron chi connectivity index (χ0n) is 9.16. The highest BCUT2D eigenvalue weighted by Gasteiger charge is 2.07. The summed E-state index contributed by atoms with van der Waals surface area (Å²) in [5.74, 6) is 0. The summed E-state index contributed by atoms with van der Waals surface area (Å²) in [7, 11) is 0. The molecular weight excluding hydrogens is 238 g/mol. The van der Waals surface area contributed by atoms with Crippen LogP contribution in [0.2, 0.25) is 5.02 Å². The molecule has 0 saturated heterocycles. The first kappa shape index (κ1) is 11.6. The molecule has 0 aliphatic rings. The maximum absolute atomic E-state index is 6.12. The number of nitrogens with two attached hydrogens (primary N) is 1. The van der Waals surface area contributed by atoms with E-state index in [-0.39, 0.29) is 0 Å². The summed E-state index contributed by atoms with van der Waals surface area (Å²) >= 11 is 7.87. The summed E-state index contributed by atoms with van der Waals surface area (Å²) in [6, 6.07) is 8.23. The Morgan fingerprint density at radius 3 is 2.94 bits per heavy atom. The van der Waals surface area contributed by atoms with Crippen LogP contribution in [0.3, 0.4) is 0 Å². The molecule has 0 atom stereocenters. The van der Waals surface area contributed by atoms with E-state index in [1.807, 2.05) is 12.1 Å². The van der Waals surface area contributed by atoms with Crippen molar-refractivity contribution in [1.29, 1.82) is 0 Å². The molecule has 3 heteroatoms. The van der Waals surface area contributed by atoms with Crippen LogP contribution in [-0.2, 0) is 6.42 Å². The quantitative estimate of drug-likeness (QED) is 0.880. The Balaban J connectivity index is 2.39. The van der Waals surface area contributed by atoms with Gasteiger partial charge in [-0.2, -0.15) is 0 Å². The number of hydrogen-bond donors (Lipinski definition) is 1. The Morgan fingerprint density at radius 1 is 1.38 bits per heavy atom. The molecule has 0 spiro atoms. The van der Waals surface area contributed by atoms with Gasteiger partial charge in [-0.1, -0.05) is 23.7 Å². The van der Waals surface area contributed by atoms with Gasteiger partial charge < -0.3 is 5.73 Å². The van der Waals surface area contributed by atoms with E-state index in [9.17, 15) is 0 Å². The molecule has 0 fully saturated rings. The molecule has 0 unspecified atom stereocenters. The van der Waals surface area contributed by atoms with Gasteiger partial charge in [-0.05, 0) is 54.1 Å². The van der Waals surface area contributed by atoms with Crippen molar-refractivity contribution >= 4 is 22.9 Å². The zero-order valence-corrected chi connectivity index (χ0v) is 10.7. The third kappa shape index (κ3) is 2.29. The van der Waals surface area contributed by atoms with Crippen LogP contribution in [0.25, 0.3) is 10.4 Å². The van der Waals surface area contributed by atoms with Crippen molar-refractivity contribution in [1.82, 2.24) is 0 Å². The second kappa shape index (κ2) is 5.00. The summed E-state index contributed by atoms with van der Waals surface area (Å²) in [4.78, 5) is 1.27. The maximum atomic E-state index is 6.12. The van der Waals surface area contributed by atoms with Gasteiger partial charge in [0.25, 0.3) is 0 Å². The summed E-state index contributed by atoms with van der Waals surface area (Å²) in [6.45, 7) is 2.75. The normalized spacial score (nSPS) is 10.7. The Bertz CT molecular complexity index is 490.